The van der Waals surface area contributed by atoms with E-state index >= 15 is 0 Å². The maximum absolute atomic E-state index is 12.0. The van der Waals surface area contributed by atoms with E-state index in [9.17, 15) is 9.59 Å². The molecular weight excluding hydrogens is 268 g/mol. The minimum Gasteiger partial charge on any atom is -0.449 e. The predicted octanol–water partition coefficient (Wildman–Crippen LogP) is 2.57. The number of hydrogen-bond acceptors (Lipinski definition) is 4. The van der Waals surface area contributed by atoms with E-state index in [1.54, 1.807) is 6.07 Å². The summed E-state index contributed by atoms with van der Waals surface area (Å²) in [5.41, 5.74) is 2.07. The molecule has 0 bridgehead atoms. The van der Waals surface area contributed by atoms with Crippen LogP contribution >= 0.6 is 0 Å². The van der Waals surface area contributed by atoms with Gasteiger partial charge in [-0.15, -0.1) is 0 Å². The Labute approximate surface area is 123 Å². The summed E-state index contributed by atoms with van der Waals surface area (Å²) in [5, 5.41) is 2.71. The Balaban J connectivity index is 1.95. The van der Waals surface area contributed by atoms with Crippen molar-refractivity contribution < 1.29 is 14.3 Å². The summed E-state index contributed by atoms with van der Waals surface area (Å²) < 4.78 is 5.12. The minimum atomic E-state index is -0.883. The highest BCUT2D eigenvalue weighted by Crippen LogP contribution is 2.11. The lowest BCUT2D eigenvalue weighted by molar-refractivity contribution is -0.123. The molecule has 5 heteroatoms. The third-order valence-electron chi connectivity index (χ3n) is 2.85. The Morgan fingerprint density at radius 2 is 1.90 bits per heavy atom. The molecule has 21 heavy (non-hydrogen) atoms. The number of aryl methyl sites for hydroxylation is 1. The lowest BCUT2D eigenvalue weighted by Gasteiger charge is -2.13. The number of carbonyl (C=O) groups excluding carboxylic acids is 2. The molecule has 108 valence electrons. The molecule has 0 aliphatic heterocycles. The summed E-state index contributed by atoms with van der Waals surface area (Å²) in [5.74, 6) is -0.924. The Kier molecular flexibility index (Phi) is 4.66. The zero-order valence-electron chi connectivity index (χ0n) is 11.9. The number of nitrogens with one attached hydrogen (secondary N) is 1. The number of benzene rings is 1. The fraction of sp³-hybridized carbons (Fsp3) is 0.188. The van der Waals surface area contributed by atoms with E-state index in [4.69, 9.17) is 4.74 Å². The second-order valence-corrected chi connectivity index (χ2v) is 4.64. The fourth-order valence-corrected chi connectivity index (χ4v) is 1.74. The highest BCUT2D eigenvalue weighted by atomic mass is 16.5. The quantitative estimate of drug-likeness (QED) is 0.876. The van der Waals surface area contributed by atoms with Crippen molar-refractivity contribution in [1.29, 1.82) is 0 Å². The van der Waals surface area contributed by atoms with Crippen LogP contribution in [0.2, 0.25) is 0 Å². The fourth-order valence-electron chi connectivity index (χ4n) is 1.74. The summed E-state index contributed by atoms with van der Waals surface area (Å²) >= 11 is 0. The van der Waals surface area contributed by atoms with Crippen LogP contribution in [0.1, 0.15) is 22.8 Å². The number of esters is 1. The predicted molar refractivity (Wildman–Crippen MR) is 78.9 cm³/mol. The summed E-state index contributed by atoms with van der Waals surface area (Å²) in [6, 6.07) is 10.5. The van der Waals surface area contributed by atoms with Crippen LogP contribution in [0, 0.1) is 6.92 Å². The third-order valence-corrected chi connectivity index (χ3v) is 2.85. The van der Waals surface area contributed by atoms with Crippen molar-refractivity contribution in [3.8, 4) is 0 Å². The van der Waals surface area contributed by atoms with Gasteiger partial charge >= 0.3 is 5.97 Å². The first kappa shape index (κ1) is 14.7. The van der Waals surface area contributed by atoms with Crippen molar-refractivity contribution in [2.45, 2.75) is 20.0 Å². The number of anilines is 1. The van der Waals surface area contributed by atoms with Crippen LogP contribution in [0.15, 0.2) is 48.8 Å². The van der Waals surface area contributed by atoms with Crippen molar-refractivity contribution in [2.75, 3.05) is 5.32 Å². The summed E-state index contributed by atoms with van der Waals surface area (Å²) in [4.78, 5) is 27.6. The van der Waals surface area contributed by atoms with Gasteiger partial charge < -0.3 is 10.1 Å². The SMILES string of the molecule is Cc1cccc(NC(=O)[C@H](C)OC(=O)c2ccncc2)c1. The van der Waals surface area contributed by atoms with Crippen LogP contribution in [0.4, 0.5) is 5.69 Å². The number of rotatable bonds is 4. The number of ether oxygens (including phenoxy) is 1. The molecule has 0 saturated heterocycles. The Hall–Kier alpha value is -2.69. The maximum atomic E-state index is 12.0. The first-order valence-corrected chi connectivity index (χ1v) is 6.55. The molecule has 0 radical (unpaired) electrons. The van der Waals surface area contributed by atoms with Crippen LogP contribution in [0.5, 0.6) is 0 Å². The molecule has 1 aromatic carbocycles. The van der Waals surface area contributed by atoms with E-state index in [2.05, 4.69) is 10.3 Å². The molecule has 1 aromatic heterocycles. The molecule has 1 heterocycles. The molecule has 1 amide bonds. The largest absolute Gasteiger partial charge is 0.449 e. The summed E-state index contributed by atoms with van der Waals surface area (Å²) in [7, 11) is 0. The maximum Gasteiger partial charge on any atom is 0.339 e. The summed E-state index contributed by atoms with van der Waals surface area (Å²) in [6.45, 7) is 3.47. The Morgan fingerprint density at radius 1 is 1.19 bits per heavy atom. The Bertz CT molecular complexity index is 641. The van der Waals surface area contributed by atoms with Crippen LogP contribution in [-0.2, 0) is 9.53 Å². The van der Waals surface area contributed by atoms with E-state index in [-0.39, 0.29) is 5.91 Å². The van der Waals surface area contributed by atoms with Crippen molar-refractivity contribution in [3.63, 3.8) is 0 Å². The van der Waals surface area contributed by atoms with Gasteiger partial charge in [0, 0.05) is 18.1 Å². The highest BCUT2D eigenvalue weighted by molar-refractivity contribution is 5.97. The first-order chi connectivity index (χ1) is 10.1. The molecule has 0 saturated carbocycles. The zero-order valence-corrected chi connectivity index (χ0v) is 11.9. The molecule has 0 aliphatic rings. The molecule has 5 nitrogen and oxygen atoms in total. The molecule has 2 rings (SSSR count). The average Bonchev–Trinajstić information content (AvgIpc) is 2.48. The van der Waals surface area contributed by atoms with E-state index in [1.807, 2.05) is 25.1 Å². The van der Waals surface area contributed by atoms with Gasteiger partial charge in [0.05, 0.1) is 5.56 Å². The first-order valence-electron chi connectivity index (χ1n) is 6.55. The second kappa shape index (κ2) is 6.65. The lowest BCUT2D eigenvalue weighted by Crippen LogP contribution is -2.30. The van der Waals surface area contributed by atoms with Crippen molar-refractivity contribution >= 4 is 17.6 Å². The average molecular weight is 284 g/mol. The van der Waals surface area contributed by atoms with Crippen LogP contribution in [0.25, 0.3) is 0 Å². The van der Waals surface area contributed by atoms with Crippen LogP contribution in [-0.4, -0.2) is 23.0 Å². The van der Waals surface area contributed by atoms with Crippen molar-refractivity contribution in [3.05, 3.63) is 59.9 Å². The van der Waals surface area contributed by atoms with E-state index < -0.39 is 12.1 Å². The standard InChI is InChI=1S/C16H16N2O3/c1-11-4-3-5-14(10-11)18-15(19)12(2)21-16(20)13-6-8-17-9-7-13/h3-10,12H,1-2H3,(H,18,19)/t12-/m0/s1. The molecule has 1 atom stereocenters. The smallest absolute Gasteiger partial charge is 0.339 e. The second-order valence-electron chi connectivity index (χ2n) is 4.64. The lowest BCUT2D eigenvalue weighted by atomic mass is 10.2. The molecular formula is C16H16N2O3. The minimum absolute atomic E-state index is 0.361. The normalized spacial score (nSPS) is 11.5. The number of amides is 1. The number of aromatic nitrogens is 1. The summed E-state index contributed by atoms with van der Waals surface area (Å²) in [6.07, 6.45) is 2.11. The van der Waals surface area contributed by atoms with Crippen LogP contribution in [0.3, 0.4) is 0 Å². The topological polar surface area (TPSA) is 68.3 Å². The number of carbonyl (C=O) groups is 2. The number of pyridine rings is 1. The van der Waals surface area contributed by atoms with E-state index in [0.29, 0.717) is 11.3 Å². The molecule has 1 N–H and O–H groups in total. The van der Waals surface area contributed by atoms with Crippen LogP contribution < -0.4 is 5.32 Å². The van der Waals surface area contributed by atoms with Gasteiger partial charge in [-0.3, -0.25) is 9.78 Å². The van der Waals surface area contributed by atoms with Gasteiger partial charge in [-0.25, -0.2) is 4.79 Å². The van der Waals surface area contributed by atoms with Gasteiger partial charge in [-0.05, 0) is 43.7 Å². The number of nitrogens with zero attached hydrogens (tertiary/aromatic N) is 1. The molecule has 2 aromatic rings. The Morgan fingerprint density at radius 3 is 2.57 bits per heavy atom. The monoisotopic (exact) mass is 284 g/mol. The molecule has 0 spiro atoms. The van der Waals surface area contributed by atoms with E-state index in [1.165, 1.54) is 31.5 Å². The van der Waals surface area contributed by atoms with Gasteiger partial charge in [-0.2, -0.15) is 0 Å². The third kappa shape index (κ3) is 4.14. The van der Waals surface area contributed by atoms with Gasteiger partial charge in [0.15, 0.2) is 6.10 Å². The van der Waals surface area contributed by atoms with Crippen molar-refractivity contribution in [1.82, 2.24) is 4.98 Å². The van der Waals surface area contributed by atoms with Crippen molar-refractivity contribution in [2.24, 2.45) is 0 Å². The highest BCUT2D eigenvalue weighted by Gasteiger charge is 2.18. The van der Waals surface area contributed by atoms with Gasteiger partial charge in [-0.1, -0.05) is 12.1 Å². The number of hydrogen-bond donors (Lipinski definition) is 1. The van der Waals surface area contributed by atoms with E-state index in [0.717, 1.165) is 5.56 Å². The van der Waals surface area contributed by atoms with Gasteiger partial charge in [0.1, 0.15) is 0 Å². The molecule has 0 fully saturated rings. The molecule has 0 unspecified atom stereocenters. The molecule has 0 aliphatic carbocycles. The van der Waals surface area contributed by atoms with Gasteiger partial charge in [0.2, 0.25) is 0 Å². The van der Waals surface area contributed by atoms with Gasteiger partial charge in [0.25, 0.3) is 5.91 Å². The zero-order chi connectivity index (χ0) is 15.2.